The highest BCUT2D eigenvalue weighted by molar-refractivity contribution is 5.70. The zero-order valence-corrected chi connectivity index (χ0v) is 8.97. The summed E-state index contributed by atoms with van der Waals surface area (Å²) in [6, 6.07) is 0. The van der Waals surface area contributed by atoms with Gasteiger partial charge in [-0.1, -0.05) is 0 Å². The predicted octanol–water partition coefficient (Wildman–Crippen LogP) is -1.24. The normalized spacial score (nSPS) is 17.1. The molecule has 8 heteroatoms. The number of piperidine rings is 1. The van der Waals surface area contributed by atoms with Crippen LogP contribution in [-0.4, -0.2) is 39.3 Å². The second-order valence-electron chi connectivity index (χ2n) is 3.93. The van der Waals surface area contributed by atoms with Crippen LogP contribution in [0.5, 0.6) is 0 Å². The number of H-pyrrole nitrogens is 2. The first-order chi connectivity index (χ1) is 8.08. The first kappa shape index (κ1) is 11.4. The number of carboxylic acids is 1. The van der Waals surface area contributed by atoms with E-state index in [1.807, 2.05) is 0 Å². The molecule has 3 N–H and O–H groups in total. The van der Waals surface area contributed by atoms with Crippen molar-refractivity contribution in [2.24, 2.45) is 5.92 Å². The number of rotatable bonds is 2. The Morgan fingerprint density at radius 2 is 2.00 bits per heavy atom. The van der Waals surface area contributed by atoms with Crippen molar-refractivity contribution in [3.8, 4) is 0 Å². The number of nitrogens with one attached hydrogen (secondary N) is 2. The lowest BCUT2D eigenvalue weighted by Crippen LogP contribution is -2.41. The Balaban J connectivity index is 2.13. The predicted molar refractivity (Wildman–Crippen MR) is 58.1 cm³/mol. The number of aromatic amines is 2. The molecule has 0 amide bonds. The van der Waals surface area contributed by atoms with Crippen molar-refractivity contribution in [3.05, 3.63) is 20.8 Å². The molecule has 0 aromatic carbocycles. The smallest absolute Gasteiger partial charge is 0.342 e. The maximum atomic E-state index is 11.5. The van der Waals surface area contributed by atoms with E-state index in [-0.39, 0.29) is 11.7 Å². The van der Waals surface area contributed by atoms with Crippen molar-refractivity contribution >= 4 is 11.8 Å². The summed E-state index contributed by atoms with van der Waals surface area (Å²) in [6.45, 7) is 0.887. The molecule has 92 valence electrons. The number of aliphatic carboxylic acids is 1. The van der Waals surface area contributed by atoms with E-state index in [1.54, 1.807) is 4.90 Å². The minimum atomic E-state index is -0.812. The summed E-state index contributed by atoms with van der Waals surface area (Å²) >= 11 is 0. The first-order valence-corrected chi connectivity index (χ1v) is 5.24. The summed E-state index contributed by atoms with van der Waals surface area (Å²) in [4.78, 5) is 36.8. The summed E-state index contributed by atoms with van der Waals surface area (Å²) < 4.78 is 0. The van der Waals surface area contributed by atoms with Crippen LogP contribution in [0.25, 0.3) is 0 Å². The molecule has 17 heavy (non-hydrogen) atoms. The minimum Gasteiger partial charge on any atom is -0.481 e. The molecule has 0 aliphatic carbocycles. The number of anilines is 1. The molecular weight excluding hydrogens is 228 g/mol. The third kappa shape index (κ3) is 2.35. The first-order valence-electron chi connectivity index (χ1n) is 5.24. The molecule has 1 aromatic rings. The number of hydrogen-bond donors (Lipinski definition) is 3. The van der Waals surface area contributed by atoms with Crippen LogP contribution in [0.15, 0.2) is 9.59 Å². The van der Waals surface area contributed by atoms with E-state index in [1.165, 1.54) is 0 Å². The second-order valence-corrected chi connectivity index (χ2v) is 3.93. The molecule has 1 aliphatic heterocycles. The van der Waals surface area contributed by atoms with Gasteiger partial charge in [-0.25, -0.2) is 9.89 Å². The highest BCUT2D eigenvalue weighted by Crippen LogP contribution is 2.19. The van der Waals surface area contributed by atoms with Gasteiger partial charge in [0.1, 0.15) is 0 Å². The van der Waals surface area contributed by atoms with Crippen LogP contribution in [0, 0.1) is 5.92 Å². The van der Waals surface area contributed by atoms with E-state index in [9.17, 15) is 14.4 Å². The Morgan fingerprint density at radius 3 is 2.53 bits per heavy atom. The highest BCUT2D eigenvalue weighted by atomic mass is 16.4. The van der Waals surface area contributed by atoms with Crippen molar-refractivity contribution in [1.82, 2.24) is 15.2 Å². The lowest BCUT2D eigenvalue weighted by molar-refractivity contribution is -0.142. The largest absolute Gasteiger partial charge is 0.481 e. The summed E-state index contributed by atoms with van der Waals surface area (Å²) in [7, 11) is 0. The molecule has 0 bridgehead atoms. The van der Waals surface area contributed by atoms with E-state index >= 15 is 0 Å². The van der Waals surface area contributed by atoms with Crippen LogP contribution in [0.1, 0.15) is 12.8 Å². The molecule has 2 heterocycles. The fourth-order valence-corrected chi connectivity index (χ4v) is 1.89. The third-order valence-corrected chi connectivity index (χ3v) is 2.84. The maximum absolute atomic E-state index is 11.5. The molecule has 0 atom stereocenters. The molecule has 2 rings (SSSR count). The van der Waals surface area contributed by atoms with Crippen LogP contribution < -0.4 is 16.1 Å². The molecule has 1 saturated heterocycles. The fourth-order valence-electron chi connectivity index (χ4n) is 1.89. The van der Waals surface area contributed by atoms with Crippen LogP contribution in [0.3, 0.4) is 0 Å². The zero-order valence-electron chi connectivity index (χ0n) is 8.97. The molecule has 0 radical (unpaired) electrons. The van der Waals surface area contributed by atoms with Gasteiger partial charge in [0.15, 0.2) is 0 Å². The molecule has 0 unspecified atom stereocenters. The SMILES string of the molecule is O=C(O)C1CCN(c2n[nH]c(=O)[nH]c2=O)CC1. The van der Waals surface area contributed by atoms with Crippen molar-refractivity contribution in [3.63, 3.8) is 0 Å². The lowest BCUT2D eigenvalue weighted by atomic mass is 9.97. The Kier molecular flexibility index (Phi) is 2.94. The molecule has 0 spiro atoms. The van der Waals surface area contributed by atoms with Gasteiger partial charge in [-0.3, -0.25) is 14.6 Å². The average molecular weight is 240 g/mol. The standard InChI is InChI=1S/C9H12N4O4/c14-7-6(11-12-9(17)10-7)13-3-1-5(2-4-13)8(15)16/h5H,1-4H2,(H,15,16)(H2,10,12,14,17). The third-order valence-electron chi connectivity index (χ3n) is 2.84. The number of hydrogen-bond acceptors (Lipinski definition) is 5. The summed E-state index contributed by atoms with van der Waals surface area (Å²) in [5.41, 5.74) is -1.21. The fraction of sp³-hybridized carbons (Fsp3) is 0.556. The van der Waals surface area contributed by atoms with E-state index < -0.39 is 17.2 Å². The molecule has 1 aliphatic rings. The molecule has 1 fully saturated rings. The average Bonchev–Trinajstić information content (AvgIpc) is 2.29. The number of nitrogens with zero attached hydrogens (tertiary/aromatic N) is 2. The summed E-state index contributed by atoms with van der Waals surface area (Å²) in [6.07, 6.45) is 0.936. The Morgan fingerprint density at radius 1 is 1.35 bits per heavy atom. The zero-order chi connectivity index (χ0) is 12.4. The van der Waals surface area contributed by atoms with Gasteiger partial charge < -0.3 is 10.0 Å². The van der Waals surface area contributed by atoms with Crippen LogP contribution in [-0.2, 0) is 4.79 Å². The molecule has 0 saturated carbocycles. The number of carbonyl (C=O) groups is 1. The van der Waals surface area contributed by atoms with Gasteiger partial charge in [0.25, 0.3) is 5.56 Å². The van der Waals surface area contributed by atoms with E-state index in [0.717, 1.165) is 0 Å². The van der Waals surface area contributed by atoms with E-state index in [4.69, 9.17) is 5.11 Å². The van der Waals surface area contributed by atoms with Crippen molar-refractivity contribution < 1.29 is 9.90 Å². The number of carboxylic acid groups (broad SMARTS) is 1. The second kappa shape index (κ2) is 4.40. The monoisotopic (exact) mass is 240 g/mol. The van der Waals surface area contributed by atoms with Gasteiger partial charge in [-0.15, -0.1) is 5.10 Å². The Bertz CT molecular complexity index is 526. The van der Waals surface area contributed by atoms with Gasteiger partial charge >= 0.3 is 11.7 Å². The minimum absolute atomic E-state index is 0.133. The number of aromatic nitrogens is 3. The van der Waals surface area contributed by atoms with Crippen molar-refractivity contribution in [2.45, 2.75) is 12.8 Å². The van der Waals surface area contributed by atoms with Crippen LogP contribution >= 0.6 is 0 Å². The van der Waals surface area contributed by atoms with Crippen LogP contribution in [0.4, 0.5) is 5.82 Å². The highest BCUT2D eigenvalue weighted by Gasteiger charge is 2.26. The lowest BCUT2D eigenvalue weighted by Gasteiger charge is -2.29. The molecular formula is C9H12N4O4. The molecule has 8 nitrogen and oxygen atoms in total. The van der Waals surface area contributed by atoms with Gasteiger partial charge in [0, 0.05) is 13.1 Å². The van der Waals surface area contributed by atoms with E-state index in [2.05, 4.69) is 15.2 Å². The quantitative estimate of drug-likeness (QED) is 0.594. The summed E-state index contributed by atoms with van der Waals surface area (Å²) in [5.74, 6) is -1.05. The molecule has 1 aromatic heterocycles. The van der Waals surface area contributed by atoms with E-state index in [0.29, 0.717) is 25.9 Å². The van der Waals surface area contributed by atoms with Gasteiger partial charge in [0.05, 0.1) is 5.92 Å². The Labute approximate surface area is 95.3 Å². The van der Waals surface area contributed by atoms with Crippen molar-refractivity contribution in [1.29, 1.82) is 0 Å². The van der Waals surface area contributed by atoms with Crippen LogP contribution in [0.2, 0.25) is 0 Å². The maximum Gasteiger partial charge on any atom is 0.342 e. The summed E-state index contributed by atoms with van der Waals surface area (Å²) in [5, 5.41) is 14.7. The van der Waals surface area contributed by atoms with Gasteiger partial charge in [-0.2, -0.15) is 0 Å². The van der Waals surface area contributed by atoms with Gasteiger partial charge in [-0.05, 0) is 12.8 Å². The Hall–Kier alpha value is -2.12. The topological polar surface area (TPSA) is 119 Å². The van der Waals surface area contributed by atoms with Crippen molar-refractivity contribution in [2.75, 3.05) is 18.0 Å². The van der Waals surface area contributed by atoms with Gasteiger partial charge in [0.2, 0.25) is 5.82 Å².